The molecule has 9 rings (SSSR count). The Morgan fingerprint density at radius 1 is 0.735 bits per heavy atom. The van der Waals surface area contributed by atoms with Gasteiger partial charge in [-0.1, -0.05) is 123 Å². The van der Waals surface area contributed by atoms with E-state index in [0.29, 0.717) is 39.2 Å². The summed E-state index contributed by atoms with van der Waals surface area (Å²) >= 11 is 1.39. The van der Waals surface area contributed by atoms with Gasteiger partial charge in [-0.3, -0.25) is 9.59 Å². The van der Waals surface area contributed by atoms with Crippen LogP contribution in [0, 0.1) is 22.7 Å². The molecule has 4 N–H and O–H groups in total. The third-order valence-electron chi connectivity index (χ3n) is 18.0. The first-order valence-corrected chi connectivity index (χ1v) is 27.0. The Kier molecular flexibility index (Phi) is 14.7. The molecule has 2 amide bonds. The lowest BCUT2D eigenvalue weighted by Gasteiger charge is -2.56. The lowest BCUT2D eigenvalue weighted by molar-refractivity contribution is -0.161. The van der Waals surface area contributed by atoms with Crippen LogP contribution >= 0.6 is 11.8 Å². The molecule has 4 fully saturated rings. The van der Waals surface area contributed by atoms with Gasteiger partial charge in [-0.25, -0.2) is 4.79 Å². The molecule has 4 aliphatic carbocycles. The molecule has 0 aromatic heterocycles. The van der Waals surface area contributed by atoms with Gasteiger partial charge >= 0.3 is 5.97 Å². The quantitative estimate of drug-likeness (QED) is 0.0932. The van der Waals surface area contributed by atoms with Gasteiger partial charge in [0, 0.05) is 30.9 Å². The maximum Gasteiger partial charge on any atom is 0.327 e. The molecule has 9 nitrogen and oxygen atoms in total. The van der Waals surface area contributed by atoms with Crippen LogP contribution in [-0.2, 0) is 38.1 Å². The molecular formula is C58H82N4O5S. The first kappa shape index (κ1) is 50.5. The fraction of sp³-hybridized carbons (Fsp3) is 0.638. The predicted molar refractivity (Wildman–Crippen MR) is 277 cm³/mol. The Hall–Kier alpha value is -3.86. The Bertz CT molecular complexity index is 2220. The normalized spacial score (nSPS) is 32.1. The lowest BCUT2D eigenvalue weighted by Crippen LogP contribution is -2.70. The molecule has 9 atom stereocenters. The number of β-lactam (4-membered cyclic amide) rings is 1. The molecule has 0 bridgehead atoms. The van der Waals surface area contributed by atoms with Crippen LogP contribution in [0.3, 0.4) is 0 Å². The summed E-state index contributed by atoms with van der Waals surface area (Å²) in [4.78, 5) is 37.0. The van der Waals surface area contributed by atoms with Crippen LogP contribution in [0.5, 0.6) is 5.75 Å². The molecule has 68 heavy (non-hydrogen) atoms. The highest BCUT2D eigenvalue weighted by Gasteiger charge is 2.64. The number of carboxylic acids is 1. The molecule has 2 unspecified atom stereocenters. The monoisotopic (exact) mass is 947 g/mol. The second kappa shape index (κ2) is 19.7. The standard InChI is InChI=1S/C42H64N2.C16H18N2O5S/c1-29(2)31-11-15-35-33(25-31)13-17-37-39(5,19-9-21-41(35,37)7)27-43-23-24-44-28-40(6)20-10-22-42(8)36-16-12-32(30(3)4)26-34(36)14-18-38(40)42;1-16(2)12(15(21)22)18-13(20)11(14(18)24-16)17-10(19)8-23-9-6-4-3-5-7-9/h11-12,15-16,25-26,29-30,37-38,43-44H,9-10,13-14,17-24,27-28H2,1-8H3;3-7,11-12,14H,8H2,1-2H3,(H,17,19)(H,21,22)/t37?,38?,39-,40+,41-,42-;11-,12+,14-/m11/s1. The molecule has 2 heterocycles. The largest absolute Gasteiger partial charge is 0.484 e. The van der Waals surface area contributed by atoms with E-state index < -0.39 is 28.7 Å². The SMILES string of the molecule is CC(C)c1ccc2c(c1)CCC1[C@](C)(CNCCNC[C@@]3(C)CCC[C@]4(C)c5ccc(C(C)C)cc5CCC34)CCC[C@]21C.CC1(C)S[C@@H]2[C@H](NC(=O)COc3ccccc3)C(=O)N2[C@H]1C(=O)O. The van der Waals surface area contributed by atoms with Crippen molar-refractivity contribution < 1.29 is 24.2 Å². The number of hydrogen-bond donors (Lipinski definition) is 4. The molecule has 2 saturated carbocycles. The highest BCUT2D eigenvalue weighted by atomic mass is 32.2. The third kappa shape index (κ3) is 9.65. The third-order valence-corrected chi connectivity index (χ3v) is 19.5. The molecule has 2 saturated heterocycles. The number of nitrogens with one attached hydrogen (secondary N) is 3. The maximum atomic E-state index is 12.2. The number of nitrogens with zero attached hydrogens (tertiary/aromatic N) is 1. The summed E-state index contributed by atoms with van der Waals surface area (Å²) in [7, 11) is 0. The number of carbonyl (C=O) groups is 3. The summed E-state index contributed by atoms with van der Waals surface area (Å²) in [5, 5.41) is 19.6. The van der Waals surface area contributed by atoms with Crippen LogP contribution in [0.15, 0.2) is 66.7 Å². The van der Waals surface area contributed by atoms with Crippen LogP contribution in [0.1, 0.15) is 166 Å². The molecule has 0 radical (unpaired) electrons. The number of amides is 2. The first-order valence-electron chi connectivity index (χ1n) is 26.1. The molecular weight excluding hydrogens is 865 g/mol. The van der Waals surface area contributed by atoms with Crippen LogP contribution in [-0.4, -0.2) is 82.8 Å². The van der Waals surface area contributed by atoms with E-state index in [1.807, 2.05) is 6.07 Å². The van der Waals surface area contributed by atoms with Crippen molar-refractivity contribution in [3.63, 3.8) is 0 Å². The first-order chi connectivity index (χ1) is 32.2. The van der Waals surface area contributed by atoms with Gasteiger partial charge in [0.2, 0.25) is 5.91 Å². The molecule has 6 aliphatic rings. The van der Waals surface area contributed by atoms with Crippen molar-refractivity contribution in [3.8, 4) is 5.75 Å². The minimum absolute atomic E-state index is 0.197. The van der Waals surface area contributed by atoms with Gasteiger partial charge in [-0.2, -0.15) is 0 Å². The van der Waals surface area contributed by atoms with E-state index in [-0.39, 0.29) is 17.9 Å². The zero-order valence-electron chi connectivity index (χ0n) is 42.9. The van der Waals surface area contributed by atoms with Gasteiger partial charge in [0.05, 0.1) is 0 Å². The lowest BCUT2D eigenvalue weighted by atomic mass is 9.49. The van der Waals surface area contributed by atoms with Crippen molar-refractivity contribution in [1.82, 2.24) is 20.9 Å². The number of ether oxygens (including phenoxy) is 1. The summed E-state index contributed by atoms with van der Waals surface area (Å²) < 4.78 is 4.74. The zero-order valence-corrected chi connectivity index (χ0v) is 43.8. The topological polar surface area (TPSA) is 120 Å². The summed E-state index contributed by atoms with van der Waals surface area (Å²) in [6.07, 6.45) is 13.4. The second-order valence-corrected chi connectivity index (χ2v) is 25.5. The fourth-order valence-corrected chi connectivity index (χ4v) is 16.0. The van der Waals surface area contributed by atoms with Gasteiger partial charge in [0.25, 0.3) is 5.91 Å². The van der Waals surface area contributed by atoms with E-state index in [2.05, 4.69) is 108 Å². The number of carbonyl (C=O) groups excluding carboxylic acids is 2. The van der Waals surface area contributed by atoms with Crippen molar-refractivity contribution in [2.24, 2.45) is 22.7 Å². The number of aryl methyl sites for hydroxylation is 2. The second-order valence-electron chi connectivity index (χ2n) is 23.8. The number of thioether (sulfide) groups is 1. The Balaban J connectivity index is 0.000000219. The van der Waals surface area contributed by atoms with E-state index >= 15 is 0 Å². The van der Waals surface area contributed by atoms with Crippen molar-refractivity contribution in [1.29, 1.82) is 0 Å². The van der Waals surface area contributed by atoms with E-state index in [0.717, 1.165) is 38.0 Å². The van der Waals surface area contributed by atoms with Gasteiger partial charge in [-0.15, -0.1) is 11.8 Å². The number of carboxylic acid groups (broad SMARTS) is 1. The van der Waals surface area contributed by atoms with Crippen LogP contribution in [0.2, 0.25) is 0 Å². The van der Waals surface area contributed by atoms with Gasteiger partial charge < -0.3 is 30.7 Å². The van der Waals surface area contributed by atoms with Crippen molar-refractivity contribution >= 4 is 29.5 Å². The Morgan fingerprint density at radius 2 is 1.24 bits per heavy atom. The number of para-hydroxylation sites is 1. The highest BCUT2D eigenvalue weighted by molar-refractivity contribution is 8.01. The maximum absolute atomic E-state index is 12.2. The Labute approximate surface area is 412 Å². The number of rotatable bonds is 14. The minimum atomic E-state index is -1.03. The van der Waals surface area contributed by atoms with Gasteiger partial charge in [-0.05, 0) is 156 Å². The summed E-state index contributed by atoms with van der Waals surface area (Å²) in [6, 6.07) is 22.3. The molecule has 3 aromatic rings. The molecule has 3 aromatic carbocycles. The predicted octanol–water partition coefficient (Wildman–Crippen LogP) is 10.5. The fourth-order valence-electron chi connectivity index (χ4n) is 14.4. The highest BCUT2D eigenvalue weighted by Crippen LogP contribution is 2.59. The summed E-state index contributed by atoms with van der Waals surface area (Å²) in [5.41, 5.74) is 11.1. The van der Waals surface area contributed by atoms with Crippen molar-refractivity contribution in [3.05, 3.63) is 100 Å². The van der Waals surface area contributed by atoms with Gasteiger partial charge in [0.15, 0.2) is 6.61 Å². The van der Waals surface area contributed by atoms with E-state index in [1.165, 1.54) is 92.0 Å². The number of benzene rings is 3. The zero-order chi connectivity index (χ0) is 48.8. The van der Waals surface area contributed by atoms with Gasteiger partial charge in [0.1, 0.15) is 23.2 Å². The smallest absolute Gasteiger partial charge is 0.327 e. The molecule has 10 heteroatoms. The number of fused-ring (bicyclic) bond motifs is 7. The van der Waals surface area contributed by atoms with E-state index in [1.54, 1.807) is 60.4 Å². The minimum Gasteiger partial charge on any atom is -0.484 e. The van der Waals surface area contributed by atoms with E-state index in [9.17, 15) is 19.5 Å². The summed E-state index contributed by atoms with van der Waals surface area (Å²) in [6.45, 7) is 27.6. The van der Waals surface area contributed by atoms with Crippen LogP contribution in [0.25, 0.3) is 0 Å². The molecule has 0 spiro atoms. The van der Waals surface area contributed by atoms with Crippen molar-refractivity contribution in [2.45, 2.75) is 178 Å². The molecule has 2 aliphatic heterocycles. The number of hydrogen-bond acceptors (Lipinski definition) is 7. The van der Waals surface area contributed by atoms with Crippen LogP contribution < -0.4 is 20.7 Å². The number of aliphatic carboxylic acids is 1. The Morgan fingerprint density at radius 3 is 1.71 bits per heavy atom. The van der Waals surface area contributed by atoms with Crippen LogP contribution in [0.4, 0.5) is 0 Å². The molecule has 370 valence electrons. The van der Waals surface area contributed by atoms with E-state index in [4.69, 9.17) is 4.74 Å². The van der Waals surface area contributed by atoms with Crippen molar-refractivity contribution in [2.75, 3.05) is 32.8 Å². The average molecular weight is 947 g/mol. The average Bonchev–Trinajstić information content (AvgIpc) is 3.56. The summed E-state index contributed by atoms with van der Waals surface area (Å²) in [5.74, 6) is 1.54.